The molecule has 1 aromatic carbocycles. The third-order valence-corrected chi connectivity index (χ3v) is 4.42. The van der Waals surface area contributed by atoms with Gasteiger partial charge >= 0.3 is 6.61 Å². The van der Waals surface area contributed by atoms with Gasteiger partial charge in [-0.3, -0.25) is 0 Å². The minimum atomic E-state index is -2.84. The average molecular weight is 345 g/mol. The third-order valence-electron chi connectivity index (χ3n) is 3.17. The Hall–Kier alpha value is -1.50. The number of hydrogen-bond donors (Lipinski definition) is 2. The van der Waals surface area contributed by atoms with Crippen LogP contribution < -0.4 is 15.4 Å². The van der Waals surface area contributed by atoms with Crippen molar-refractivity contribution in [3.8, 4) is 5.75 Å². The van der Waals surface area contributed by atoms with E-state index in [2.05, 4.69) is 40.5 Å². The number of guanidine groups is 1. The number of halogens is 2. The van der Waals surface area contributed by atoms with E-state index in [1.807, 2.05) is 6.92 Å². The molecule has 0 amide bonds. The molecule has 130 valence electrons. The van der Waals surface area contributed by atoms with Crippen molar-refractivity contribution in [3.63, 3.8) is 0 Å². The van der Waals surface area contributed by atoms with Crippen molar-refractivity contribution in [2.75, 3.05) is 19.3 Å². The van der Waals surface area contributed by atoms with Crippen LogP contribution in [0.4, 0.5) is 8.78 Å². The highest BCUT2D eigenvalue weighted by Gasteiger charge is 2.16. The summed E-state index contributed by atoms with van der Waals surface area (Å²) >= 11 is 1.76. The SMILES string of the molecule is CCNC(=NCc1ccccc1OC(F)F)NCC(C)(C)SC. The molecule has 23 heavy (non-hydrogen) atoms. The number of para-hydroxylation sites is 1. The molecule has 0 radical (unpaired) electrons. The Morgan fingerprint density at radius 1 is 1.30 bits per heavy atom. The monoisotopic (exact) mass is 345 g/mol. The van der Waals surface area contributed by atoms with Crippen molar-refractivity contribution in [1.29, 1.82) is 0 Å². The van der Waals surface area contributed by atoms with Gasteiger partial charge in [0.25, 0.3) is 0 Å². The van der Waals surface area contributed by atoms with Crippen molar-refractivity contribution < 1.29 is 13.5 Å². The molecule has 2 N–H and O–H groups in total. The maximum atomic E-state index is 12.4. The number of thioether (sulfide) groups is 1. The zero-order valence-electron chi connectivity index (χ0n) is 14.0. The highest BCUT2D eigenvalue weighted by atomic mass is 32.2. The van der Waals surface area contributed by atoms with Crippen molar-refractivity contribution in [1.82, 2.24) is 10.6 Å². The molecule has 0 saturated carbocycles. The number of alkyl halides is 2. The van der Waals surface area contributed by atoms with E-state index in [1.165, 1.54) is 6.07 Å². The Balaban J connectivity index is 2.77. The summed E-state index contributed by atoms with van der Waals surface area (Å²) in [7, 11) is 0. The second-order valence-electron chi connectivity index (χ2n) is 5.50. The van der Waals surface area contributed by atoms with E-state index in [0.717, 1.165) is 13.1 Å². The van der Waals surface area contributed by atoms with Gasteiger partial charge in [0.15, 0.2) is 5.96 Å². The number of nitrogens with zero attached hydrogens (tertiary/aromatic N) is 1. The molecule has 0 saturated heterocycles. The predicted octanol–water partition coefficient (Wildman–Crippen LogP) is 3.48. The highest BCUT2D eigenvalue weighted by molar-refractivity contribution is 7.99. The first-order valence-corrected chi connectivity index (χ1v) is 8.70. The molecule has 0 aliphatic carbocycles. The van der Waals surface area contributed by atoms with E-state index >= 15 is 0 Å². The van der Waals surface area contributed by atoms with Crippen LogP contribution in [0.2, 0.25) is 0 Å². The summed E-state index contributed by atoms with van der Waals surface area (Å²) in [5.41, 5.74) is 0.620. The summed E-state index contributed by atoms with van der Waals surface area (Å²) in [4.78, 5) is 4.45. The number of ether oxygens (including phenoxy) is 1. The summed E-state index contributed by atoms with van der Waals surface area (Å²) in [5, 5.41) is 6.42. The van der Waals surface area contributed by atoms with Crippen LogP contribution >= 0.6 is 11.8 Å². The van der Waals surface area contributed by atoms with E-state index in [-0.39, 0.29) is 17.0 Å². The molecular weight excluding hydrogens is 320 g/mol. The molecule has 0 bridgehead atoms. The van der Waals surface area contributed by atoms with Gasteiger partial charge in [0.1, 0.15) is 5.75 Å². The maximum Gasteiger partial charge on any atom is 0.387 e. The number of benzene rings is 1. The lowest BCUT2D eigenvalue weighted by Gasteiger charge is -2.23. The molecule has 0 aliphatic rings. The van der Waals surface area contributed by atoms with Gasteiger partial charge in [0.2, 0.25) is 0 Å². The van der Waals surface area contributed by atoms with E-state index in [4.69, 9.17) is 0 Å². The minimum Gasteiger partial charge on any atom is -0.434 e. The smallest absolute Gasteiger partial charge is 0.387 e. The van der Waals surface area contributed by atoms with Crippen LogP contribution in [0.5, 0.6) is 5.75 Å². The van der Waals surface area contributed by atoms with Gasteiger partial charge in [-0.05, 0) is 33.1 Å². The fourth-order valence-corrected chi connectivity index (χ4v) is 1.94. The number of hydrogen-bond acceptors (Lipinski definition) is 3. The molecule has 0 atom stereocenters. The standard InChI is InChI=1S/C16H25F2N3OS/c1-5-19-15(21-11-16(2,3)23-4)20-10-12-8-6-7-9-13(12)22-14(17)18/h6-9,14H,5,10-11H2,1-4H3,(H2,19,20,21). The molecule has 1 rings (SSSR count). The van der Waals surface area contributed by atoms with E-state index in [1.54, 1.807) is 30.0 Å². The fraction of sp³-hybridized carbons (Fsp3) is 0.562. The summed E-state index contributed by atoms with van der Waals surface area (Å²) in [6, 6.07) is 6.69. The lowest BCUT2D eigenvalue weighted by Crippen LogP contribution is -2.43. The van der Waals surface area contributed by atoms with Crippen LogP contribution in [-0.2, 0) is 6.54 Å². The number of rotatable bonds is 8. The highest BCUT2D eigenvalue weighted by Crippen LogP contribution is 2.21. The largest absolute Gasteiger partial charge is 0.434 e. The first-order chi connectivity index (χ1) is 10.9. The molecule has 4 nitrogen and oxygen atoms in total. The van der Waals surface area contributed by atoms with E-state index in [0.29, 0.717) is 11.5 Å². The quantitative estimate of drug-likeness (QED) is 0.559. The van der Waals surface area contributed by atoms with Crippen molar-refractivity contribution >= 4 is 17.7 Å². The van der Waals surface area contributed by atoms with Crippen molar-refractivity contribution in [2.24, 2.45) is 4.99 Å². The molecule has 1 aromatic rings. The zero-order valence-corrected chi connectivity index (χ0v) is 14.8. The zero-order chi connectivity index (χ0) is 17.3. The third kappa shape index (κ3) is 7.54. The van der Waals surface area contributed by atoms with Gasteiger partial charge < -0.3 is 15.4 Å². The molecule has 0 fully saturated rings. The second kappa shape index (κ2) is 9.60. The first-order valence-electron chi connectivity index (χ1n) is 7.48. The Bertz CT molecular complexity index is 510. The molecule has 0 aromatic heterocycles. The van der Waals surface area contributed by atoms with Gasteiger partial charge in [-0.15, -0.1) is 0 Å². The molecular formula is C16H25F2N3OS. The Kier molecular flexibility index (Phi) is 8.16. The van der Waals surface area contributed by atoms with Crippen molar-refractivity contribution in [2.45, 2.75) is 38.7 Å². The summed E-state index contributed by atoms with van der Waals surface area (Å²) < 4.78 is 29.5. The molecule has 0 heterocycles. The maximum absolute atomic E-state index is 12.4. The van der Waals surface area contributed by atoms with Gasteiger partial charge in [-0.25, -0.2) is 4.99 Å². The van der Waals surface area contributed by atoms with Crippen LogP contribution in [0.15, 0.2) is 29.3 Å². The normalized spacial score (nSPS) is 12.4. The van der Waals surface area contributed by atoms with Gasteiger partial charge in [0, 0.05) is 23.4 Å². The lowest BCUT2D eigenvalue weighted by molar-refractivity contribution is -0.0504. The van der Waals surface area contributed by atoms with Crippen LogP contribution in [0, 0.1) is 0 Å². The van der Waals surface area contributed by atoms with Crippen LogP contribution in [0.1, 0.15) is 26.3 Å². The molecule has 0 unspecified atom stereocenters. The fourth-order valence-electron chi connectivity index (χ4n) is 1.72. The Labute approximate surface area is 141 Å². The Morgan fingerprint density at radius 2 is 2.00 bits per heavy atom. The summed E-state index contributed by atoms with van der Waals surface area (Å²) in [5.74, 6) is 0.813. The van der Waals surface area contributed by atoms with Crippen LogP contribution in [-0.4, -0.2) is 36.7 Å². The minimum absolute atomic E-state index is 0.0763. The summed E-state index contributed by atoms with van der Waals surface area (Å²) in [6.45, 7) is 5.15. The molecule has 0 aliphatic heterocycles. The van der Waals surface area contributed by atoms with Crippen LogP contribution in [0.25, 0.3) is 0 Å². The number of nitrogens with one attached hydrogen (secondary N) is 2. The predicted molar refractivity (Wildman–Crippen MR) is 93.5 cm³/mol. The van der Waals surface area contributed by atoms with E-state index < -0.39 is 6.61 Å². The number of aliphatic imine (C=N–C) groups is 1. The lowest BCUT2D eigenvalue weighted by atomic mass is 10.2. The topological polar surface area (TPSA) is 45.7 Å². The average Bonchev–Trinajstić information content (AvgIpc) is 2.51. The first kappa shape index (κ1) is 19.5. The molecule has 7 heteroatoms. The van der Waals surface area contributed by atoms with Crippen molar-refractivity contribution in [3.05, 3.63) is 29.8 Å². The van der Waals surface area contributed by atoms with Gasteiger partial charge in [-0.1, -0.05) is 18.2 Å². The van der Waals surface area contributed by atoms with Crippen LogP contribution in [0.3, 0.4) is 0 Å². The van der Waals surface area contributed by atoms with Gasteiger partial charge in [-0.2, -0.15) is 20.5 Å². The second-order valence-corrected chi connectivity index (χ2v) is 7.01. The van der Waals surface area contributed by atoms with Gasteiger partial charge in [0.05, 0.1) is 6.54 Å². The summed E-state index contributed by atoms with van der Waals surface area (Å²) in [6.07, 6.45) is 2.06. The molecule has 0 spiro atoms. The van der Waals surface area contributed by atoms with E-state index in [9.17, 15) is 8.78 Å². The Morgan fingerprint density at radius 3 is 2.61 bits per heavy atom.